The first-order valence-electron chi connectivity index (χ1n) is 16.5. The lowest BCUT2D eigenvalue weighted by molar-refractivity contribution is 0.0517. The number of nitriles is 1. The van der Waals surface area contributed by atoms with Crippen molar-refractivity contribution in [2.24, 2.45) is 11.7 Å². The van der Waals surface area contributed by atoms with E-state index in [1.807, 2.05) is 30.3 Å². The maximum absolute atomic E-state index is 12.4. The standard InChI is InChI=1S/C18H16ClN3O2.C18H19N5O2.H4N2.H2O/c1-2-24-18(23)14-9-12(10-20)16(19)22-17(14)21-15-8-4-6-11-5-3-7-13(11)15;1-2-25-18(24)13-9-12-15(19)22-23-17(12)21-16(13)20-14-8-4-6-10-5-3-7-11(10)14;1-2;/h4,6,8-9H,2-3,5,7H2,1H3,(H,21,22);4,6,8-9H,2-3,5,7H2,1H3,(H4,19,20,21,22,23);1-2H2;1H2. The molecule has 2 aliphatic rings. The van der Waals surface area contributed by atoms with Gasteiger partial charge < -0.3 is 31.3 Å². The molecule has 0 spiro atoms. The topological polar surface area (TPSA) is 264 Å². The van der Waals surface area contributed by atoms with Crippen molar-refractivity contribution in [1.29, 1.82) is 5.26 Å². The SMILES string of the molecule is CCOC(=O)c1cc(C#N)c(Cl)nc1Nc1cccc2c1CCC2.CCOC(=O)c1cc2c(N)[nH]nc2nc1Nc1cccc2c1CCC2.NN.O. The first kappa shape index (κ1) is 39.0. The fourth-order valence-electron chi connectivity index (χ4n) is 6.18. The van der Waals surface area contributed by atoms with Crippen molar-refractivity contribution in [1.82, 2.24) is 20.2 Å². The number of aromatic nitrogens is 4. The van der Waals surface area contributed by atoms with Crippen LogP contribution in [0.5, 0.6) is 0 Å². The van der Waals surface area contributed by atoms with Gasteiger partial charge in [0, 0.05) is 11.4 Å². The van der Waals surface area contributed by atoms with Crippen molar-refractivity contribution in [3.8, 4) is 6.07 Å². The summed E-state index contributed by atoms with van der Waals surface area (Å²) in [6.45, 7) is 4.03. The molecule has 0 saturated heterocycles. The Balaban J connectivity index is 0.000000218. The van der Waals surface area contributed by atoms with Crippen molar-refractivity contribution >= 4 is 63.4 Å². The molecule has 2 aromatic carbocycles. The number of ether oxygens (including phenoxy) is 2. The van der Waals surface area contributed by atoms with Crippen LogP contribution < -0.4 is 28.1 Å². The van der Waals surface area contributed by atoms with E-state index in [1.54, 1.807) is 19.9 Å². The largest absolute Gasteiger partial charge is 0.462 e. The number of nitrogen functional groups attached to an aromatic ring is 1. The summed E-state index contributed by atoms with van der Waals surface area (Å²) >= 11 is 6.04. The fourth-order valence-corrected chi connectivity index (χ4v) is 6.36. The van der Waals surface area contributed by atoms with Crippen LogP contribution >= 0.6 is 11.6 Å². The van der Waals surface area contributed by atoms with E-state index in [4.69, 9.17) is 32.1 Å². The molecule has 2 aliphatic carbocycles. The molecule has 3 heterocycles. The van der Waals surface area contributed by atoms with E-state index in [0.29, 0.717) is 34.1 Å². The number of hydrazine groups is 1. The number of nitrogens with two attached hydrogens (primary N) is 3. The number of hydrogen-bond donors (Lipinski definition) is 6. The van der Waals surface area contributed by atoms with Crippen LogP contribution in [0.4, 0.5) is 28.8 Å². The average Bonchev–Trinajstić information content (AvgIpc) is 3.91. The number of aryl methyl sites for hydroxylation is 2. The Kier molecular flexibility index (Phi) is 13.4. The first-order valence-corrected chi connectivity index (χ1v) is 16.9. The van der Waals surface area contributed by atoms with E-state index in [0.717, 1.165) is 49.9 Å². The summed E-state index contributed by atoms with van der Waals surface area (Å²) in [7, 11) is 0. The minimum absolute atomic E-state index is 0. The minimum atomic E-state index is -0.534. The van der Waals surface area contributed by atoms with Crippen LogP contribution in [0, 0.1) is 11.3 Å². The summed E-state index contributed by atoms with van der Waals surface area (Å²) < 4.78 is 10.2. The van der Waals surface area contributed by atoms with Gasteiger partial charge in [-0.25, -0.2) is 19.6 Å². The Morgan fingerprint density at radius 3 is 1.90 bits per heavy atom. The lowest BCUT2D eigenvalue weighted by Gasteiger charge is -2.14. The number of carbonyl (C=O) groups excluding carboxylic acids is 2. The highest BCUT2D eigenvalue weighted by Crippen LogP contribution is 2.34. The molecule has 0 unspecified atom stereocenters. The molecule has 0 saturated carbocycles. The quantitative estimate of drug-likeness (QED) is 0.0535. The van der Waals surface area contributed by atoms with E-state index >= 15 is 0 Å². The maximum atomic E-state index is 12.4. The van der Waals surface area contributed by atoms with Crippen LogP contribution in [0.2, 0.25) is 5.15 Å². The van der Waals surface area contributed by atoms with Gasteiger partial charge in [-0.2, -0.15) is 10.4 Å². The van der Waals surface area contributed by atoms with Gasteiger partial charge in [0.05, 0.1) is 24.2 Å². The van der Waals surface area contributed by atoms with Crippen LogP contribution in [0.15, 0.2) is 48.5 Å². The van der Waals surface area contributed by atoms with Crippen molar-refractivity contribution in [3.63, 3.8) is 0 Å². The molecule has 52 heavy (non-hydrogen) atoms. The van der Waals surface area contributed by atoms with E-state index in [9.17, 15) is 9.59 Å². The van der Waals surface area contributed by atoms with Crippen LogP contribution in [0.1, 0.15) is 75.2 Å². The third kappa shape index (κ3) is 8.39. The van der Waals surface area contributed by atoms with Gasteiger partial charge in [0.2, 0.25) is 0 Å². The van der Waals surface area contributed by atoms with Crippen molar-refractivity contribution in [2.45, 2.75) is 52.4 Å². The van der Waals surface area contributed by atoms with E-state index in [-0.39, 0.29) is 35.0 Å². The normalized spacial score (nSPS) is 12.1. The highest BCUT2D eigenvalue weighted by molar-refractivity contribution is 6.30. The van der Waals surface area contributed by atoms with Gasteiger partial charge in [-0.3, -0.25) is 16.8 Å². The molecule has 16 heteroatoms. The molecule has 0 atom stereocenters. The Bertz CT molecular complexity index is 2110. The molecule has 0 amide bonds. The average molecular weight is 729 g/mol. The molecule has 0 bridgehead atoms. The number of nitrogens with zero attached hydrogens (tertiary/aromatic N) is 4. The number of carbonyl (C=O) groups is 2. The zero-order valence-corrected chi connectivity index (χ0v) is 29.6. The number of benzene rings is 2. The predicted octanol–water partition coefficient (Wildman–Crippen LogP) is 4.96. The Labute approximate surface area is 305 Å². The van der Waals surface area contributed by atoms with Gasteiger partial charge in [0.25, 0.3) is 0 Å². The summed E-state index contributed by atoms with van der Waals surface area (Å²) in [5, 5.41) is 23.1. The van der Waals surface area contributed by atoms with Gasteiger partial charge in [-0.05, 0) is 98.9 Å². The number of H-pyrrole nitrogens is 1. The second kappa shape index (κ2) is 17.9. The monoisotopic (exact) mass is 728 g/mol. The maximum Gasteiger partial charge on any atom is 0.341 e. The Hall–Kier alpha value is -5.79. The number of aromatic amines is 1. The van der Waals surface area contributed by atoms with Gasteiger partial charge >= 0.3 is 11.9 Å². The zero-order valence-electron chi connectivity index (χ0n) is 28.8. The summed E-state index contributed by atoms with van der Waals surface area (Å²) in [4.78, 5) is 33.3. The number of anilines is 5. The van der Waals surface area contributed by atoms with Gasteiger partial charge in [0.15, 0.2) is 5.65 Å². The van der Waals surface area contributed by atoms with Crippen LogP contribution in [0.3, 0.4) is 0 Å². The third-order valence-corrected chi connectivity index (χ3v) is 8.75. The van der Waals surface area contributed by atoms with E-state index < -0.39 is 11.9 Å². The molecule has 0 fully saturated rings. The molecular formula is C36H41ClN10O5. The number of pyridine rings is 2. The second-order valence-electron chi connectivity index (χ2n) is 11.5. The molecule has 3 aromatic heterocycles. The fraction of sp³-hybridized carbons (Fsp3) is 0.278. The smallest absolute Gasteiger partial charge is 0.341 e. The highest BCUT2D eigenvalue weighted by Gasteiger charge is 2.22. The first-order chi connectivity index (χ1) is 24.8. The third-order valence-electron chi connectivity index (χ3n) is 8.46. The zero-order chi connectivity index (χ0) is 36.5. The predicted molar refractivity (Wildman–Crippen MR) is 200 cm³/mol. The van der Waals surface area contributed by atoms with E-state index in [2.05, 4.69) is 54.6 Å². The van der Waals surface area contributed by atoms with E-state index in [1.165, 1.54) is 28.3 Å². The molecule has 11 N–H and O–H groups in total. The molecular weight excluding hydrogens is 688 g/mol. The Morgan fingerprint density at radius 2 is 1.38 bits per heavy atom. The number of esters is 2. The number of hydrogen-bond acceptors (Lipinski definition) is 13. The second-order valence-corrected chi connectivity index (χ2v) is 11.9. The van der Waals surface area contributed by atoms with Crippen molar-refractivity contribution in [3.05, 3.63) is 92.6 Å². The molecule has 272 valence electrons. The molecule has 0 aliphatic heterocycles. The molecule has 0 radical (unpaired) electrons. The van der Waals surface area contributed by atoms with Gasteiger partial charge in [-0.15, -0.1) is 0 Å². The number of fused-ring (bicyclic) bond motifs is 3. The lowest BCUT2D eigenvalue weighted by atomic mass is 10.1. The van der Waals surface area contributed by atoms with Crippen LogP contribution in [-0.4, -0.2) is 50.8 Å². The number of halogens is 1. The molecule has 5 aromatic rings. The Morgan fingerprint density at radius 1 is 0.865 bits per heavy atom. The van der Waals surface area contributed by atoms with Crippen LogP contribution in [-0.2, 0) is 35.2 Å². The number of nitrogens with one attached hydrogen (secondary N) is 3. The van der Waals surface area contributed by atoms with Crippen molar-refractivity contribution < 1.29 is 24.5 Å². The highest BCUT2D eigenvalue weighted by atomic mass is 35.5. The molecule has 15 nitrogen and oxygen atoms in total. The summed E-state index contributed by atoms with van der Waals surface area (Å²) in [6, 6.07) is 17.2. The van der Waals surface area contributed by atoms with Gasteiger partial charge in [-0.1, -0.05) is 35.9 Å². The number of rotatable bonds is 8. The molecule has 7 rings (SSSR count). The van der Waals surface area contributed by atoms with Crippen LogP contribution in [0.25, 0.3) is 11.0 Å². The minimum Gasteiger partial charge on any atom is -0.462 e. The summed E-state index contributed by atoms with van der Waals surface area (Å²) in [5.74, 6) is 8.14. The van der Waals surface area contributed by atoms with Gasteiger partial charge in [0.1, 0.15) is 39.8 Å². The summed E-state index contributed by atoms with van der Waals surface area (Å²) in [6.07, 6.45) is 6.39. The summed E-state index contributed by atoms with van der Waals surface area (Å²) in [5.41, 5.74) is 14.0. The lowest BCUT2D eigenvalue weighted by Crippen LogP contribution is -2.11. The van der Waals surface area contributed by atoms with Crippen molar-refractivity contribution in [2.75, 3.05) is 29.6 Å².